The van der Waals surface area contributed by atoms with E-state index in [0.29, 0.717) is 16.5 Å². The fourth-order valence-electron chi connectivity index (χ4n) is 4.18. The standard InChI is InChI=1S/C23H24Cl2N2O/c1-12-7-17-18(8-13(12)2)27-22(15-6-5-14(24)9-16(15)25)21-19(26-17)10-23(3,4)11-20(21)28/h5-9,22,26-27H,10-11H2,1-4H3/t22-/m1/s1. The Morgan fingerprint density at radius 1 is 1.00 bits per heavy atom. The van der Waals surface area contributed by atoms with Gasteiger partial charge in [0.2, 0.25) is 0 Å². The van der Waals surface area contributed by atoms with Gasteiger partial charge in [0.15, 0.2) is 5.78 Å². The van der Waals surface area contributed by atoms with E-state index < -0.39 is 0 Å². The number of allylic oxidation sites excluding steroid dienone is 1. The molecular weight excluding hydrogens is 391 g/mol. The molecule has 2 aromatic rings. The Kier molecular flexibility index (Phi) is 4.71. The summed E-state index contributed by atoms with van der Waals surface area (Å²) in [5.74, 6) is 0.156. The Bertz CT molecular complexity index is 1020. The van der Waals surface area contributed by atoms with Gasteiger partial charge in [0.05, 0.1) is 17.4 Å². The number of fused-ring (bicyclic) bond motifs is 1. The van der Waals surface area contributed by atoms with Crippen molar-refractivity contribution in [1.82, 2.24) is 0 Å². The summed E-state index contributed by atoms with van der Waals surface area (Å²) in [5, 5.41) is 8.30. The highest BCUT2D eigenvalue weighted by molar-refractivity contribution is 6.35. The van der Waals surface area contributed by atoms with E-state index in [4.69, 9.17) is 23.2 Å². The summed E-state index contributed by atoms with van der Waals surface area (Å²) < 4.78 is 0. The molecule has 2 N–H and O–H groups in total. The lowest BCUT2D eigenvalue weighted by molar-refractivity contribution is -0.118. The molecule has 1 aliphatic carbocycles. The first-order chi connectivity index (χ1) is 13.1. The van der Waals surface area contributed by atoms with E-state index in [-0.39, 0.29) is 17.2 Å². The lowest BCUT2D eigenvalue weighted by Crippen LogP contribution is -2.31. The molecular formula is C23H24Cl2N2O. The minimum atomic E-state index is -0.320. The van der Waals surface area contributed by atoms with Crippen LogP contribution >= 0.6 is 23.2 Å². The van der Waals surface area contributed by atoms with Crippen LogP contribution < -0.4 is 10.6 Å². The molecule has 0 spiro atoms. The summed E-state index contributed by atoms with van der Waals surface area (Å²) in [5.41, 5.74) is 6.90. The Morgan fingerprint density at radius 2 is 1.68 bits per heavy atom. The van der Waals surface area contributed by atoms with Crippen LogP contribution in [0.3, 0.4) is 0 Å². The lowest BCUT2D eigenvalue weighted by atomic mass is 9.73. The molecule has 2 aromatic carbocycles. The molecule has 0 fully saturated rings. The SMILES string of the molecule is Cc1cc2c(cc1C)N[C@H](c1ccc(Cl)cc1Cl)C1=C(CC(C)(C)CC1=O)N2. The van der Waals surface area contributed by atoms with Crippen LogP contribution in [0.4, 0.5) is 11.4 Å². The van der Waals surface area contributed by atoms with E-state index in [0.717, 1.165) is 34.6 Å². The molecule has 0 bridgehead atoms. The van der Waals surface area contributed by atoms with Gasteiger partial charge in [0, 0.05) is 27.7 Å². The number of nitrogens with one attached hydrogen (secondary N) is 2. The summed E-state index contributed by atoms with van der Waals surface area (Å²) in [7, 11) is 0. The van der Waals surface area contributed by atoms with Gasteiger partial charge in [-0.1, -0.05) is 43.1 Å². The Labute approximate surface area is 176 Å². The Morgan fingerprint density at radius 3 is 2.36 bits per heavy atom. The first-order valence-electron chi connectivity index (χ1n) is 9.51. The highest BCUT2D eigenvalue weighted by Crippen LogP contribution is 2.47. The van der Waals surface area contributed by atoms with Crippen molar-refractivity contribution in [1.29, 1.82) is 0 Å². The van der Waals surface area contributed by atoms with Crippen LogP contribution in [0.5, 0.6) is 0 Å². The second-order valence-corrected chi connectivity index (χ2v) is 9.53. The minimum absolute atomic E-state index is 0.0818. The number of aryl methyl sites for hydroxylation is 2. The van der Waals surface area contributed by atoms with Crippen LogP contribution in [0.2, 0.25) is 10.0 Å². The fourth-order valence-corrected chi connectivity index (χ4v) is 4.70. The Hall–Kier alpha value is -1.97. The van der Waals surface area contributed by atoms with Crippen molar-refractivity contribution < 1.29 is 4.79 Å². The van der Waals surface area contributed by atoms with Gasteiger partial charge in [-0.05, 0) is 66.6 Å². The first kappa shape index (κ1) is 19.4. The van der Waals surface area contributed by atoms with Crippen molar-refractivity contribution in [3.05, 3.63) is 68.3 Å². The van der Waals surface area contributed by atoms with Crippen molar-refractivity contribution in [2.75, 3.05) is 10.6 Å². The summed E-state index contributed by atoms with van der Waals surface area (Å²) in [6.07, 6.45) is 1.33. The third kappa shape index (κ3) is 3.42. The van der Waals surface area contributed by atoms with Gasteiger partial charge >= 0.3 is 0 Å². The topological polar surface area (TPSA) is 41.1 Å². The number of hydrogen-bond donors (Lipinski definition) is 2. The molecule has 0 radical (unpaired) electrons. The van der Waals surface area contributed by atoms with Gasteiger partial charge in [-0.2, -0.15) is 0 Å². The van der Waals surface area contributed by atoms with Gasteiger partial charge < -0.3 is 10.6 Å². The molecule has 146 valence electrons. The molecule has 0 saturated carbocycles. The smallest absolute Gasteiger partial charge is 0.163 e. The summed E-state index contributed by atoms with van der Waals surface area (Å²) in [6, 6.07) is 9.41. The number of carbonyl (C=O) groups is 1. The largest absolute Gasteiger partial charge is 0.372 e. The molecule has 28 heavy (non-hydrogen) atoms. The molecule has 1 atom stereocenters. The normalized spacial score (nSPS) is 20.6. The van der Waals surface area contributed by atoms with Gasteiger partial charge in [-0.3, -0.25) is 4.79 Å². The number of benzene rings is 2. The summed E-state index contributed by atoms with van der Waals surface area (Å²) >= 11 is 12.7. The molecule has 0 amide bonds. The van der Waals surface area contributed by atoms with E-state index in [1.165, 1.54) is 11.1 Å². The second-order valence-electron chi connectivity index (χ2n) is 8.68. The number of anilines is 2. The quantitative estimate of drug-likeness (QED) is 0.536. The molecule has 1 heterocycles. The van der Waals surface area contributed by atoms with Crippen LogP contribution in [-0.4, -0.2) is 5.78 Å². The number of halogens is 2. The average Bonchev–Trinajstić information content (AvgIpc) is 2.71. The van der Waals surface area contributed by atoms with Crippen molar-refractivity contribution in [3.8, 4) is 0 Å². The third-order valence-corrected chi connectivity index (χ3v) is 6.26. The molecule has 3 nitrogen and oxygen atoms in total. The highest BCUT2D eigenvalue weighted by Gasteiger charge is 2.39. The highest BCUT2D eigenvalue weighted by atomic mass is 35.5. The van der Waals surface area contributed by atoms with Gasteiger partial charge in [0.25, 0.3) is 0 Å². The first-order valence-corrected chi connectivity index (χ1v) is 10.3. The maximum absolute atomic E-state index is 13.2. The monoisotopic (exact) mass is 414 g/mol. The molecule has 0 aromatic heterocycles. The van der Waals surface area contributed by atoms with Crippen molar-refractivity contribution in [2.24, 2.45) is 5.41 Å². The van der Waals surface area contributed by atoms with E-state index in [2.05, 4.69) is 50.5 Å². The maximum atomic E-state index is 13.2. The minimum Gasteiger partial charge on any atom is -0.372 e. The fraction of sp³-hybridized carbons (Fsp3) is 0.348. The number of carbonyl (C=O) groups excluding carboxylic acids is 1. The zero-order chi connectivity index (χ0) is 20.2. The number of rotatable bonds is 1. The van der Waals surface area contributed by atoms with Gasteiger partial charge in [-0.15, -0.1) is 0 Å². The van der Waals surface area contributed by atoms with E-state index in [1.54, 1.807) is 6.07 Å². The lowest BCUT2D eigenvalue weighted by Gasteiger charge is -2.34. The van der Waals surface area contributed by atoms with Crippen molar-refractivity contribution in [2.45, 2.75) is 46.6 Å². The number of hydrogen-bond acceptors (Lipinski definition) is 3. The molecule has 0 unspecified atom stereocenters. The zero-order valence-corrected chi connectivity index (χ0v) is 18.1. The average molecular weight is 415 g/mol. The van der Waals surface area contributed by atoms with Crippen molar-refractivity contribution in [3.63, 3.8) is 0 Å². The summed E-state index contributed by atoms with van der Waals surface area (Å²) in [6.45, 7) is 8.47. The van der Waals surface area contributed by atoms with Crippen LogP contribution in [-0.2, 0) is 4.79 Å². The number of Topliss-reactive ketones (excluding diaryl/α,β-unsaturated/α-hetero) is 1. The third-order valence-electron chi connectivity index (χ3n) is 5.70. The maximum Gasteiger partial charge on any atom is 0.163 e. The van der Waals surface area contributed by atoms with Crippen LogP contribution in [0.25, 0.3) is 0 Å². The predicted octanol–water partition coefficient (Wildman–Crippen LogP) is 6.83. The molecule has 1 aliphatic heterocycles. The van der Waals surface area contributed by atoms with Gasteiger partial charge in [-0.25, -0.2) is 0 Å². The molecule has 2 aliphatic rings. The molecule has 4 rings (SSSR count). The van der Waals surface area contributed by atoms with E-state index >= 15 is 0 Å². The van der Waals surface area contributed by atoms with Gasteiger partial charge in [0.1, 0.15) is 0 Å². The van der Waals surface area contributed by atoms with Crippen LogP contribution in [0.15, 0.2) is 41.6 Å². The number of ketones is 1. The van der Waals surface area contributed by atoms with Crippen LogP contribution in [0, 0.1) is 19.3 Å². The summed E-state index contributed by atoms with van der Waals surface area (Å²) in [4.78, 5) is 13.2. The second kappa shape index (κ2) is 6.82. The van der Waals surface area contributed by atoms with E-state index in [9.17, 15) is 4.79 Å². The Balaban J connectivity index is 1.93. The predicted molar refractivity (Wildman–Crippen MR) is 117 cm³/mol. The van der Waals surface area contributed by atoms with Crippen LogP contribution in [0.1, 0.15) is 49.4 Å². The zero-order valence-electron chi connectivity index (χ0n) is 16.5. The van der Waals surface area contributed by atoms with E-state index in [1.807, 2.05) is 12.1 Å². The molecule has 0 saturated heterocycles. The van der Waals surface area contributed by atoms with Crippen molar-refractivity contribution >= 4 is 40.4 Å². The molecule has 5 heteroatoms.